The van der Waals surface area contributed by atoms with E-state index in [1.54, 1.807) is 14.0 Å². The zero-order valence-electron chi connectivity index (χ0n) is 11.8. The Morgan fingerprint density at radius 2 is 2.05 bits per heavy atom. The molecule has 8 heteroatoms. The van der Waals surface area contributed by atoms with Crippen LogP contribution in [0.2, 0.25) is 0 Å². The van der Waals surface area contributed by atoms with E-state index in [0.29, 0.717) is 11.3 Å². The average molecular weight is 353 g/mol. The number of aryl methyl sites for hydroxylation is 1. The highest BCUT2D eigenvalue weighted by atomic mass is 35.7. The van der Waals surface area contributed by atoms with Crippen molar-refractivity contribution in [2.75, 3.05) is 7.11 Å². The number of rotatable bonds is 4. The van der Waals surface area contributed by atoms with Gasteiger partial charge in [0.25, 0.3) is 9.05 Å². The Morgan fingerprint density at radius 3 is 2.62 bits per heavy atom. The summed E-state index contributed by atoms with van der Waals surface area (Å²) in [6.07, 6.45) is 3.32. The molecule has 0 spiro atoms. The number of carbonyl (C=O) groups is 1. The average Bonchev–Trinajstić information content (AvgIpc) is 2.81. The van der Waals surface area contributed by atoms with E-state index >= 15 is 0 Å². The van der Waals surface area contributed by atoms with Gasteiger partial charge < -0.3 is 9.47 Å². The Kier molecular flexibility index (Phi) is 5.29. The second-order valence-electron chi connectivity index (χ2n) is 5.02. The van der Waals surface area contributed by atoms with E-state index in [9.17, 15) is 13.2 Å². The van der Waals surface area contributed by atoms with Gasteiger partial charge in [0.2, 0.25) is 0 Å². The van der Waals surface area contributed by atoms with E-state index in [2.05, 4.69) is 0 Å². The Morgan fingerprint density at radius 1 is 1.38 bits per heavy atom. The van der Waals surface area contributed by atoms with Gasteiger partial charge in [-0.05, 0) is 32.3 Å². The molecular formula is C13H17ClO5S2. The van der Waals surface area contributed by atoms with Crippen LogP contribution in [0.3, 0.4) is 0 Å². The van der Waals surface area contributed by atoms with E-state index in [1.165, 1.54) is 6.07 Å². The molecule has 1 heterocycles. The zero-order valence-corrected chi connectivity index (χ0v) is 14.2. The van der Waals surface area contributed by atoms with Crippen LogP contribution in [0.4, 0.5) is 0 Å². The fourth-order valence-electron chi connectivity index (χ4n) is 2.44. The topological polar surface area (TPSA) is 69.7 Å². The number of hydrogen-bond donors (Lipinski definition) is 0. The van der Waals surface area contributed by atoms with E-state index in [0.717, 1.165) is 30.6 Å². The van der Waals surface area contributed by atoms with Gasteiger partial charge in [0.1, 0.15) is 11.0 Å². The maximum Gasteiger partial charge on any atom is 0.348 e. The molecule has 21 heavy (non-hydrogen) atoms. The van der Waals surface area contributed by atoms with Crippen molar-refractivity contribution in [2.45, 2.75) is 49.7 Å². The molecule has 0 amide bonds. The third kappa shape index (κ3) is 4.18. The van der Waals surface area contributed by atoms with Crippen LogP contribution >= 0.6 is 22.0 Å². The summed E-state index contributed by atoms with van der Waals surface area (Å²) in [7, 11) is 3.13. The first kappa shape index (κ1) is 16.7. The maximum absolute atomic E-state index is 12.1. The quantitative estimate of drug-likeness (QED) is 0.615. The molecule has 1 aliphatic carbocycles. The molecule has 1 fully saturated rings. The molecule has 2 rings (SSSR count). The Bertz CT molecular complexity index is 623. The second-order valence-corrected chi connectivity index (χ2v) is 8.81. The molecule has 0 saturated heterocycles. The lowest BCUT2D eigenvalue weighted by Gasteiger charge is -2.27. The number of halogens is 1. The van der Waals surface area contributed by atoms with Gasteiger partial charge in [0, 0.05) is 29.1 Å². The van der Waals surface area contributed by atoms with Crippen molar-refractivity contribution < 1.29 is 22.7 Å². The minimum atomic E-state index is -3.84. The van der Waals surface area contributed by atoms with Gasteiger partial charge >= 0.3 is 5.97 Å². The molecule has 2 atom stereocenters. The van der Waals surface area contributed by atoms with Crippen molar-refractivity contribution >= 4 is 37.0 Å². The van der Waals surface area contributed by atoms with Gasteiger partial charge in [0.15, 0.2) is 0 Å². The smallest absolute Gasteiger partial charge is 0.348 e. The van der Waals surface area contributed by atoms with Crippen molar-refractivity contribution in [3.63, 3.8) is 0 Å². The van der Waals surface area contributed by atoms with Crippen molar-refractivity contribution in [2.24, 2.45) is 0 Å². The molecule has 1 aromatic heterocycles. The number of esters is 1. The molecule has 118 valence electrons. The lowest BCUT2D eigenvalue weighted by molar-refractivity contribution is -0.0146. The van der Waals surface area contributed by atoms with E-state index in [1.807, 2.05) is 0 Å². The van der Waals surface area contributed by atoms with Gasteiger partial charge in [-0.25, -0.2) is 13.2 Å². The first-order chi connectivity index (χ1) is 9.81. The number of carbonyl (C=O) groups excluding carboxylic acids is 1. The second kappa shape index (κ2) is 6.64. The zero-order chi connectivity index (χ0) is 15.6. The predicted octanol–water partition coefficient (Wildman–Crippen LogP) is 3.10. The molecule has 5 nitrogen and oxygen atoms in total. The van der Waals surface area contributed by atoms with Crippen molar-refractivity contribution in [1.29, 1.82) is 0 Å². The van der Waals surface area contributed by atoms with E-state index in [-0.39, 0.29) is 22.0 Å². The number of ether oxygens (including phenoxy) is 2. The van der Waals surface area contributed by atoms with Crippen LogP contribution in [0.1, 0.15) is 40.2 Å². The monoisotopic (exact) mass is 352 g/mol. The number of hydrogen-bond acceptors (Lipinski definition) is 6. The SMILES string of the molecule is COC1CCCC(OC(=O)c2cc(S(=O)(=O)Cl)c(C)s2)C1. The predicted molar refractivity (Wildman–Crippen MR) is 80.6 cm³/mol. The normalized spacial score (nSPS) is 23.0. The molecule has 1 aliphatic rings. The van der Waals surface area contributed by atoms with Crippen LogP contribution in [0.15, 0.2) is 11.0 Å². The van der Waals surface area contributed by atoms with Crippen LogP contribution in [-0.4, -0.2) is 33.7 Å². The summed E-state index contributed by atoms with van der Waals surface area (Å²) in [6.45, 7) is 1.61. The highest BCUT2D eigenvalue weighted by Crippen LogP contribution is 2.30. The summed E-state index contributed by atoms with van der Waals surface area (Å²) in [5, 5.41) is 0. The Balaban J connectivity index is 2.07. The third-order valence-corrected chi connectivity index (χ3v) is 6.13. The van der Waals surface area contributed by atoms with E-state index < -0.39 is 15.0 Å². The molecule has 2 unspecified atom stereocenters. The third-order valence-electron chi connectivity index (χ3n) is 3.52. The lowest BCUT2D eigenvalue weighted by Crippen LogP contribution is -2.29. The fourth-order valence-corrected chi connectivity index (χ4v) is 4.99. The Labute approximate surface area is 132 Å². The van der Waals surface area contributed by atoms with Crippen molar-refractivity contribution in [1.82, 2.24) is 0 Å². The molecule has 0 aromatic carbocycles. The van der Waals surface area contributed by atoms with Crippen LogP contribution in [0.5, 0.6) is 0 Å². The summed E-state index contributed by atoms with van der Waals surface area (Å²) in [5.74, 6) is -0.503. The molecular weight excluding hydrogens is 336 g/mol. The van der Waals surface area contributed by atoms with E-state index in [4.69, 9.17) is 20.2 Å². The lowest BCUT2D eigenvalue weighted by atomic mass is 9.95. The van der Waals surface area contributed by atoms with Crippen LogP contribution in [0.25, 0.3) is 0 Å². The molecule has 0 radical (unpaired) electrons. The van der Waals surface area contributed by atoms with Gasteiger partial charge in [-0.2, -0.15) is 0 Å². The Hall–Kier alpha value is -0.630. The standard InChI is InChI=1S/C13H17ClO5S2/c1-8-12(21(14,16)17)7-11(20-8)13(15)19-10-5-3-4-9(6-10)18-2/h7,9-10H,3-6H2,1-2H3. The number of methoxy groups -OCH3 is 1. The minimum absolute atomic E-state index is 0.0282. The highest BCUT2D eigenvalue weighted by Gasteiger charge is 2.27. The minimum Gasteiger partial charge on any atom is -0.458 e. The summed E-state index contributed by atoms with van der Waals surface area (Å²) in [6, 6.07) is 1.28. The molecule has 0 aliphatic heterocycles. The molecule has 1 aromatic rings. The molecule has 0 bridgehead atoms. The van der Waals surface area contributed by atoms with Gasteiger partial charge in [-0.3, -0.25) is 0 Å². The molecule has 0 N–H and O–H groups in total. The summed E-state index contributed by atoms with van der Waals surface area (Å²) >= 11 is 1.08. The van der Waals surface area contributed by atoms with Gasteiger partial charge in [0.05, 0.1) is 11.0 Å². The van der Waals surface area contributed by atoms with Crippen LogP contribution < -0.4 is 0 Å². The summed E-state index contributed by atoms with van der Waals surface area (Å²) in [4.78, 5) is 12.8. The van der Waals surface area contributed by atoms with Crippen LogP contribution in [0, 0.1) is 6.92 Å². The summed E-state index contributed by atoms with van der Waals surface area (Å²) in [5.41, 5.74) is 0. The first-order valence-electron chi connectivity index (χ1n) is 6.60. The summed E-state index contributed by atoms with van der Waals surface area (Å²) < 4.78 is 33.5. The number of thiophene rings is 1. The largest absolute Gasteiger partial charge is 0.458 e. The van der Waals surface area contributed by atoms with Gasteiger partial charge in [-0.15, -0.1) is 11.3 Å². The highest BCUT2D eigenvalue weighted by molar-refractivity contribution is 8.13. The maximum atomic E-state index is 12.1. The van der Waals surface area contributed by atoms with Crippen molar-refractivity contribution in [3.8, 4) is 0 Å². The molecule has 1 saturated carbocycles. The first-order valence-corrected chi connectivity index (χ1v) is 9.72. The van der Waals surface area contributed by atoms with Gasteiger partial charge in [-0.1, -0.05) is 0 Å². The van der Waals surface area contributed by atoms with Crippen molar-refractivity contribution in [3.05, 3.63) is 15.8 Å². The fraction of sp³-hybridized carbons (Fsp3) is 0.615. The van der Waals surface area contributed by atoms with Crippen LogP contribution in [-0.2, 0) is 18.5 Å².